The van der Waals surface area contributed by atoms with Gasteiger partial charge in [-0.15, -0.1) is 0 Å². The maximum absolute atomic E-state index is 13.2. The van der Waals surface area contributed by atoms with Crippen LogP contribution in [0.4, 0.5) is 18.9 Å². The summed E-state index contributed by atoms with van der Waals surface area (Å²) in [5.41, 5.74) is 1.50. The van der Waals surface area contributed by atoms with Gasteiger partial charge < -0.3 is 4.74 Å². The molecule has 162 valence electrons. The summed E-state index contributed by atoms with van der Waals surface area (Å²) in [4.78, 5) is 27.6. The molecule has 0 radical (unpaired) electrons. The van der Waals surface area contributed by atoms with Gasteiger partial charge in [-0.05, 0) is 50.1 Å². The lowest BCUT2D eigenvalue weighted by Gasteiger charge is -2.38. The summed E-state index contributed by atoms with van der Waals surface area (Å²) in [6, 6.07) is 11.9. The first-order valence-corrected chi connectivity index (χ1v) is 10.3. The average molecular weight is 429 g/mol. The number of para-hydroxylation sites is 1. The number of anilines is 1. The number of ketones is 1. The van der Waals surface area contributed by atoms with Crippen molar-refractivity contribution in [1.29, 1.82) is 0 Å². The number of Topliss-reactive ketones (excluding diaryl/α,β-unsaturated/α-hetero) is 1. The van der Waals surface area contributed by atoms with Gasteiger partial charge in [-0.3, -0.25) is 14.5 Å². The van der Waals surface area contributed by atoms with Crippen LogP contribution in [-0.4, -0.2) is 18.3 Å². The monoisotopic (exact) mass is 429 g/mol. The summed E-state index contributed by atoms with van der Waals surface area (Å²) in [5.74, 6) is -0.0637. The zero-order chi connectivity index (χ0) is 22.2. The molecular formula is C24H22F3NO3. The predicted molar refractivity (Wildman–Crippen MR) is 110 cm³/mol. The van der Waals surface area contributed by atoms with Gasteiger partial charge in [0.2, 0.25) is 5.91 Å². The summed E-state index contributed by atoms with van der Waals surface area (Å²) in [7, 11) is 0. The van der Waals surface area contributed by atoms with Gasteiger partial charge in [-0.2, -0.15) is 13.2 Å². The summed E-state index contributed by atoms with van der Waals surface area (Å²) >= 11 is 0. The highest BCUT2D eigenvalue weighted by Crippen LogP contribution is 2.45. The van der Waals surface area contributed by atoms with E-state index in [9.17, 15) is 22.8 Å². The van der Waals surface area contributed by atoms with Gasteiger partial charge >= 0.3 is 6.18 Å². The van der Waals surface area contributed by atoms with Crippen LogP contribution in [-0.2, 0) is 15.8 Å². The predicted octanol–water partition coefficient (Wildman–Crippen LogP) is 5.63. The first-order valence-electron chi connectivity index (χ1n) is 10.3. The van der Waals surface area contributed by atoms with Crippen molar-refractivity contribution in [3.8, 4) is 5.75 Å². The van der Waals surface area contributed by atoms with Gasteiger partial charge in [-0.1, -0.05) is 18.2 Å². The number of rotatable bonds is 4. The van der Waals surface area contributed by atoms with E-state index in [4.69, 9.17) is 4.74 Å². The molecule has 1 aliphatic carbocycles. The molecule has 4 nitrogen and oxygen atoms in total. The first kappa shape index (κ1) is 21.2. The van der Waals surface area contributed by atoms with E-state index in [1.165, 1.54) is 17.0 Å². The van der Waals surface area contributed by atoms with Crippen LogP contribution in [0.3, 0.4) is 0 Å². The van der Waals surface area contributed by atoms with Crippen LogP contribution in [0, 0.1) is 0 Å². The third-order valence-corrected chi connectivity index (χ3v) is 5.72. The fourth-order valence-corrected chi connectivity index (χ4v) is 4.41. The fourth-order valence-electron chi connectivity index (χ4n) is 4.41. The topological polar surface area (TPSA) is 46.6 Å². The number of hydrogen-bond acceptors (Lipinski definition) is 3. The number of carbonyl (C=O) groups is 2. The molecule has 0 saturated carbocycles. The fraction of sp³-hybridized carbons (Fsp3) is 0.333. The number of ether oxygens (including phenoxy) is 1. The van der Waals surface area contributed by atoms with Crippen LogP contribution in [0.25, 0.3) is 0 Å². The maximum atomic E-state index is 13.2. The van der Waals surface area contributed by atoms with Gasteiger partial charge in [-0.25, -0.2) is 0 Å². The molecule has 0 aromatic heterocycles. The molecule has 2 aliphatic rings. The van der Waals surface area contributed by atoms with Crippen LogP contribution in [0.2, 0.25) is 0 Å². The number of alkyl halides is 3. The minimum absolute atomic E-state index is 0.0260. The van der Waals surface area contributed by atoms with Crippen molar-refractivity contribution in [3.05, 3.63) is 70.9 Å². The van der Waals surface area contributed by atoms with E-state index < -0.39 is 17.7 Å². The van der Waals surface area contributed by atoms with Gasteiger partial charge in [0.25, 0.3) is 0 Å². The third kappa shape index (κ3) is 3.96. The summed E-state index contributed by atoms with van der Waals surface area (Å²) in [6.45, 7) is 2.32. The Morgan fingerprint density at radius 3 is 2.42 bits per heavy atom. The van der Waals surface area contributed by atoms with Crippen LogP contribution in [0.5, 0.6) is 5.75 Å². The second kappa shape index (κ2) is 8.21. The van der Waals surface area contributed by atoms with Crippen molar-refractivity contribution >= 4 is 17.4 Å². The standard InChI is InChI=1S/C24H22F3NO3/c1-2-31-21-9-4-3-6-17(21)18-14-22(30)28(19-7-5-8-20(29)23(18)19)16-12-10-15(11-13-16)24(25,26)27/h3-4,6,9-13,18H,2,5,7-8,14H2,1H3. The molecule has 1 amide bonds. The molecule has 1 heterocycles. The first-order chi connectivity index (χ1) is 14.8. The molecule has 0 fully saturated rings. The van der Waals surface area contributed by atoms with Crippen LogP contribution in [0.1, 0.15) is 49.7 Å². The molecular weight excluding hydrogens is 407 g/mol. The van der Waals surface area contributed by atoms with Crippen molar-refractivity contribution in [2.45, 2.75) is 44.7 Å². The van der Waals surface area contributed by atoms with Crippen molar-refractivity contribution in [1.82, 2.24) is 0 Å². The molecule has 0 spiro atoms. The van der Waals surface area contributed by atoms with Crippen LogP contribution >= 0.6 is 0 Å². The number of nitrogens with zero attached hydrogens (tertiary/aromatic N) is 1. The molecule has 1 unspecified atom stereocenters. The highest BCUT2D eigenvalue weighted by atomic mass is 19.4. The minimum atomic E-state index is -4.45. The van der Waals surface area contributed by atoms with Crippen LogP contribution in [0.15, 0.2) is 59.8 Å². The van der Waals surface area contributed by atoms with E-state index in [0.29, 0.717) is 48.6 Å². The number of carbonyl (C=O) groups excluding carboxylic acids is 2. The van der Waals surface area contributed by atoms with Crippen molar-refractivity contribution in [2.75, 3.05) is 11.5 Å². The summed E-state index contributed by atoms with van der Waals surface area (Å²) in [5, 5.41) is 0. The van der Waals surface area contributed by atoms with E-state index in [-0.39, 0.29) is 18.1 Å². The SMILES string of the molecule is CCOc1ccccc1C1CC(=O)N(c2ccc(C(F)(F)F)cc2)C2=C1C(=O)CCC2. The van der Waals surface area contributed by atoms with Gasteiger partial charge in [0.1, 0.15) is 5.75 Å². The second-order valence-corrected chi connectivity index (χ2v) is 7.64. The molecule has 31 heavy (non-hydrogen) atoms. The second-order valence-electron chi connectivity index (χ2n) is 7.64. The Balaban J connectivity index is 1.81. The van der Waals surface area contributed by atoms with E-state index in [2.05, 4.69) is 0 Å². The third-order valence-electron chi connectivity index (χ3n) is 5.72. The minimum Gasteiger partial charge on any atom is -0.494 e. The molecule has 7 heteroatoms. The van der Waals surface area contributed by atoms with Crippen molar-refractivity contribution in [2.24, 2.45) is 0 Å². The van der Waals surface area contributed by atoms with E-state index in [0.717, 1.165) is 17.7 Å². The highest BCUT2D eigenvalue weighted by Gasteiger charge is 2.41. The molecule has 0 saturated heterocycles. The van der Waals surface area contributed by atoms with Gasteiger partial charge in [0.15, 0.2) is 5.78 Å². The average Bonchev–Trinajstić information content (AvgIpc) is 2.73. The molecule has 1 aliphatic heterocycles. The normalized spacial score (nSPS) is 19.5. The number of benzene rings is 2. The van der Waals surface area contributed by atoms with Gasteiger partial charge in [0, 0.05) is 41.3 Å². The van der Waals surface area contributed by atoms with Crippen molar-refractivity contribution < 1.29 is 27.5 Å². The Morgan fingerprint density at radius 1 is 1.03 bits per heavy atom. The smallest absolute Gasteiger partial charge is 0.416 e. The lowest BCUT2D eigenvalue weighted by atomic mass is 9.77. The lowest BCUT2D eigenvalue weighted by Crippen LogP contribution is -2.40. The largest absolute Gasteiger partial charge is 0.494 e. The van der Waals surface area contributed by atoms with Gasteiger partial charge in [0.05, 0.1) is 12.2 Å². The molecule has 4 rings (SSSR count). The van der Waals surface area contributed by atoms with E-state index in [1.54, 1.807) is 0 Å². The zero-order valence-electron chi connectivity index (χ0n) is 17.0. The van der Waals surface area contributed by atoms with Crippen molar-refractivity contribution in [3.63, 3.8) is 0 Å². The number of hydrogen-bond donors (Lipinski definition) is 0. The Morgan fingerprint density at radius 2 is 1.74 bits per heavy atom. The molecule has 0 bridgehead atoms. The number of allylic oxidation sites excluding steroid dienone is 2. The molecule has 2 aromatic carbocycles. The van der Waals surface area contributed by atoms with Crippen LogP contribution < -0.4 is 9.64 Å². The maximum Gasteiger partial charge on any atom is 0.416 e. The summed E-state index contributed by atoms with van der Waals surface area (Å²) in [6.07, 6.45) is -2.90. The Kier molecular flexibility index (Phi) is 5.60. The molecule has 0 N–H and O–H groups in total. The molecule has 2 aromatic rings. The van der Waals surface area contributed by atoms with E-state index >= 15 is 0 Å². The lowest BCUT2D eigenvalue weighted by molar-refractivity contribution is -0.137. The number of amides is 1. The Labute approximate surface area is 178 Å². The Bertz CT molecular complexity index is 1040. The van der Waals surface area contributed by atoms with E-state index in [1.807, 2.05) is 31.2 Å². The zero-order valence-corrected chi connectivity index (χ0v) is 17.0. The molecule has 1 atom stereocenters. The number of halogens is 3. The Hall–Kier alpha value is -3.09. The highest BCUT2D eigenvalue weighted by molar-refractivity contribution is 6.07. The summed E-state index contributed by atoms with van der Waals surface area (Å²) < 4.78 is 44.6. The quantitative estimate of drug-likeness (QED) is 0.633.